The van der Waals surface area contributed by atoms with Gasteiger partial charge in [0.1, 0.15) is 0 Å². The molecule has 1 amide bonds. The lowest BCUT2D eigenvalue weighted by molar-refractivity contribution is 0.0954. The number of aromatic hydroxyl groups is 1. The van der Waals surface area contributed by atoms with Crippen molar-refractivity contribution in [1.29, 1.82) is 0 Å². The third-order valence-electron chi connectivity index (χ3n) is 3.33. The molecule has 1 aliphatic rings. The number of amides is 1. The Bertz CT molecular complexity index is 789. The number of hydrogen-bond acceptors (Lipinski definition) is 6. The summed E-state index contributed by atoms with van der Waals surface area (Å²) in [6.07, 6.45) is 1.35. The summed E-state index contributed by atoms with van der Waals surface area (Å²) >= 11 is 0. The molecule has 0 spiro atoms. The highest BCUT2D eigenvalue weighted by molar-refractivity contribution is 5.95. The normalized spacial score (nSPS) is 12.4. The van der Waals surface area contributed by atoms with Crippen molar-refractivity contribution in [2.75, 3.05) is 13.4 Å². The number of nitrogens with one attached hydrogen (secondary N) is 1. The fourth-order valence-electron chi connectivity index (χ4n) is 2.18. The average molecular weight is 328 g/mol. The van der Waals surface area contributed by atoms with E-state index < -0.39 is 5.91 Å². The first kappa shape index (κ1) is 15.7. The van der Waals surface area contributed by atoms with Gasteiger partial charge in [0.25, 0.3) is 5.91 Å². The summed E-state index contributed by atoms with van der Waals surface area (Å²) in [5.41, 5.74) is 3.23. The summed E-state index contributed by atoms with van der Waals surface area (Å²) in [6, 6.07) is 9.91. The van der Waals surface area contributed by atoms with Crippen molar-refractivity contribution in [2.45, 2.75) is 6.92 Å². The number of para-hydroxylation sites is 1. The summed E-state index contributed by atoms with van der Waals surface area (Å²) in [6.45, 7) is 2.41. The molecule has 24 heavy (non-hydrogen) atoms. The summed E-state index contributed by atoms with van der Waals surface area (Å²) < 4.78 is 15.7. The van der Waals surface area contributed by atoms with Gasteiger partial charge in [-0.1, -0.05) is 6.07 Å². The number of rotatable bonds is 5. The van der Waals surface area contributed by atoms with Gasteiger partial charge in [-0.05, 0) is 37.3 Å². The van der Waals surface area contributed by atoms with Gasteiger partial charge in [0.15, 0.2) is 23.0 Å². The monoisotopic (exact) mass is 328 g/mol. The second-order valence-electron chi connectivity index (χ2n) is 4.89. The van der Waals surface area contributed by atoms with Crippen LogP contribution in [0.1, 0.15) is 22.8 Å². The van der Waals surface area contributed by atoms with E-state index in [4.69, 9.17) is 14.2 Å². The van der Waals surface area contributed by atoms with Crippen LogP contribution >= 0.6 is 0 Å². The van der Waals surface area contributed by atoms with Gasteiger partial charge in [-0.3, -0.25) is 4.79 Å². The molecule has 7 heteroatoms. The van der Waals surface area contributed by atoms with E-state index in [2.05, 4.69) is 10.5 Å². The van der Waals surface area contributed by atoms with Crippen LogP contribution in [0.25, 0.3) is 0 Å². The molecular weight excluding hydrogens is 312 g/mol. The lowest BCUT2D eigenvalue weighted by atomic mass is 10.2. The fourth-order valence-corrected chi connectivity index (χ4v) is 2.18. The number of carbonyl (C=O) groups excluding carboxylic acids is 1. The van der Waals surface area contributed by atoms with Crippen LogP contribution < -0.4 is 19.6 Å². The highest BCUT2D eigenvalue weighted by atomic mass is 16.7. The maximum Gasteiger partial charge on any atom is 0.271 e. The van der Waals surface area contributed by atoms with Crippen molar-refractivity contribution in [3.8, 4) is 23.0 Å². The molecule has 0 aliphatic carbocycles. The number of benzene rings is 2. The maximum atomic E-state index is 12.1. The average Bonchev–Trinajstić information content (AvgIpc) is 3.06. The Morgan fingerprint density at radius 2 is 2.17 bits per heavy atom. The third kappa shape index (κ3) is 3.24. The first-order valence-corrected chi connectivity index (χ1v) is 7.37. The minimum absolute atomic E-state index is 0.0274. The van der Waals surface area contributed by atoms with Crippen molar-refractivity contribution in [2.24, 2.45) is 5.10 Å². The van der Waals surface area contributed by atoms with Crippen LogP contribution in [0.15, 0.2) is 41.5 Å². The van der Waals surface area contributed by atoms with Gasteiger partial charge in [-0.25, -0.2) is 5.43 Å². The van der Waals surface area contributed by atoms with Crippen LogP contribution in [0, 0.1) is 0 Å². The second kappa shape index (κ2) is 6.91. The molecule has 0 saturated heterocycles. The van der Waals surface area contributed by atoms with E-state index in [9.17, 15) is 9.90 Å². The van der Waals surface area contributed by atoms with Gasteiger partial charge >= 0.3 is 0 Å². The van der Waals surface area contributed by atoms with Crippen LogP contribution in [0.5, 0.6) is 23.0 Å². The molecule has 0 aromatic heterocycles. The zero-order valence-electron chi connectivity index (χ0n) is 13.0. The number of phenolic OH excluding ortho intramolecular Hbond substituents is 1. The Hall–Kier alpha value is -3.22. The smallest absolute Gasteiger partial charge is 0.271 e. The minimum Gasteiger partial charge on any atom is -0.504 e. The first-order valence-electron chi connectivity index (χ1n) is 7.37. The summed E-state index contributed by atoms with van der Waals surface area (Å²) in [7, 11) is 0. The van der Waals surface area contributed by atoms with Crippen molar-refractivity contribution >= 4 is 12.1 Å². The van der Waals surface area contributed by atoms with Crippen LogP contribution in [0.3, 0.4) is 0 Å². The molecule has 1 aliphatic heterocycles. The predicted octanol–water partition coefficient (Wildman–Crippen LogP) is 2.28. The fraction of sp³-hybridized carbons (Fsp3) is 0.176. The van der Waals surface area contributed by atoms with Crippen molar-refractivity contribution in [3.05, 3.63) is 47.5 Å². The summed E-state index contributed by atoms with van der Waals surface area (Å²) in [4.78, 5) is 12.1. The number of hydrazone groups is 1. The number of nitrogens with zero attached hydrogens (tertiary/aromatic N) is 1. The molecule has 2 aromatic carbocycles. The third-order valence-corrected chi connectivity index (χ3v) is 3.33. The standard InChI is InChI=1S/C17H16N2O5/c1-2-22-14-5-3-4-12(16(14)20)9-18-19-17(21)11-6-7-13-15(8-11)24-10-23-13/h3-9,20H,2,10H2,1H3,(H,19,21)/b18-9+. The molecule has 0 radical (unpaired) electrons. The number of carbonyl (C=O) groups is 1. The molecule has 7 nitrogen and oxygen atoms in total. The summed E-state index contributed by atoms with van der Waals surface area (Å²) in [5.74, 6) is 1.07. The topological polar surface area (TPSA) is 89.4 Å². The molecule has 2 aromatic rings. The highest BCUT2D eigenvalue weighted by Gasteiger charge is 2.15. The first-order chi connectivity index (χ1) is 11.7. The zero-order valence-corrected chi connectivity index (χ0v) is 13.0. The molecule has 0 atom stereocenters. The predicted molar refractivity (Wildman–Crippen MR) is 86.9 cm³/mol. The zero-order chi connectivity index (χ0) is 16.9. The molecule has 0 bridgehead atoms. The van der Waals surface area contributed by atoms with Gasteiger partial charge in [-0.15, -0.1) is 0 Å². The summed E-state index contributed by atoms with van der Waals surface area (Å²) in [5, 5.41) is 13.9. The van der Waals surface area contributed by atoms with Crippen LogP contribution in [-0.2, 0) is 0 Å². The van der Waals surface area contributed by atoms with E-state index in [1.54, 1.807) is 36.4 Å². The van der Waals surface area contributed by atoms with E-state index in [0.29, 0.717) is 35.0 Å². The van der Waals surface area contributed by atoms with E-state index in [0.717, 1.165) is 0 Å². The van der Waals surface area contributed by atoms with Crippen molar-refractivity contribution in [3.63, 3.8) is 0 Å². The number of fused-ring (bicyclic) bond motifs is 1. The SMILES string of the molecule is CCOc1cccc(/C=N/NC(=O)c2ccc3c(c2)OCO3)c1O. The molecule has 0 saturated carbocycles. The lowest BCUT2D eigenvalue weighted by Crippen LogP contribution is -2.17. The quantitative estimate of drug-likeness (QED) is 0.649. The van der Waals surface area contributed by atoms with Crippen LogP contribution in [-0.4, -0.2) is 30.6 Å². The Labute approximate surface area is 138 Å². The maximum absolute atomic E-state index is 12.1. The molecule has 3 rings (SSSR count). The Balaban J connectivity index is 1.68. The molecule has 2 N–H and O–H groups in total. The molecular formula is C17H16N2O5. The van der Waals surface area contributed by atoms with Gasteiger partial charge < -0.3 is 19.3 Å². The van der Waals surface area contributed by atoms with E-state index in [-0.39, 0.29) is 12.5 Å². The van der Waals surface area contributed by atoms with Crippen LogP contribution in [0.4, 0.5) is 0 Å². The number of hydrogen-bond donors (Lipinski definition) is 2. The molecule has 1 heterocycles. The Morgan fingerprint density at radius 1 is 1.33 bits per heavy atom. The van der Waals surface area contributed by atoms with E-state index in [1.165, 1.54) is 6.21 Å². The van der Waals surface area contributed by atoms with E-state index in [1.807, 2.05) is 6.92 Å². The lowest BCUT2D eigenvalue weighted by Gasteiger charge is -2.07. The van der Waals surface area contributed by atoms with Crippen LogP contribution in [0.2, 0.25) is 0 Å². The number of ether oxygens (including phenoxy) is 3. The molecule has 124 valence electrons. The van der Waals surface area contributed by atoms with Gasteiger partial charge in [0, 0.05) is 11.1 Å². The molecule has 0 fully saturated rings. The van der Waals surface area contributed by atoms with Gasteiger partial charge in [-0.2, -0.15) is 5.10 Å². The number of phenols is 1. The Morgan fingerprint density at radius 3 is 3.00 bits per heavy atom. The molecule has 0 unspecified atom stereocenters. The van der Waals surface area contributed by atoms with Crippen molar-refractivity contribution in [1.82, 2.24) is 5.43 Å². The van der Waals surface area contributed by atoms with Gasteiger partial charge in [0.2, 0.25) is 6.79 Å². The van der Waals surface area contributed by atoms with Gasteiger partial charge in [0.05, 0.1) is 12.8 Å². The highest BCUT2D eigenvalue weighted by Crippen LogP contribution is 2.32. The van der Waals surface area contributed by atoms with Crippen molar-refractivity contribution < 1.29 is 24.1 Å². The van der Waals surface area contributed by atoms with E-state index >= 15 is 0 Å². The Kier molecular flexibility index (Phi) is 4.51. The minimum atomic E-state index is -0.398. The second-order valence-corrected chi connectivity index (χ2v) is 4.89. The largest absolute Gasteiger partial charge is 0.504 e.